The van der Waals surface area contributed by atoms with E-state index in [-0.39, 0.29) is 0 Å². The molecule has 0 amide bonds. The number of hydrogen-bond acceptors (Lipinski definition) is 5. The van der Waals surface area contributed by atoms with Gasteiger partial charge in [-0.1, -0.05) is 0 Å². The van der Waals surface area contributed by atoms with Crippen LogP contribution in [0.2, 0.25) is 0 Å². The second kappa shape index (κ2) is 4.56. The standard InChI is InChI=1S/C9H13N5OS/c1-14-9-7(5-13-14)8(11-6-12-9)10-3-4-16(2)15/h5-6H,3-4H2,1-2H3,(H,10,11,12). The Morgan fingerprint density at radius 2 is 2.31 bits per heavy atom. The Bertz CT molecular complexity index is 524. The number of anilines is 1. The lowest BCUT2D eigenvalue weighted by molar-refractivity contribution is 0.687. The molecule has 2 heterocycles. The molecule has 0 aromatic carbocycles. The van der Waals surface area contributed by atoms with Crippen LogP contribution in [-0.4, -0.2) is 42.5 Å². The topological polar surface area (TPSA) is 72.7 Å². The molecule has 7 heteroatoms. The van der Waals surface area contributed by atoms with Crippen LogP contribution < -0.4 is 5.32 Å². The van der Waals surface area contributed by atoms with Gasteiger partial charge in [-0.2, -0.15) is 5.10 Å². The molecule has 0 aliphatic heterocycles. The van der Waals surface area contributed by atoms with Crippen LogP contribution in [0, 0.1) is 0 Å². The smallest absolute Gasteiger partial charge is 0.163 e. The lowest BCUT2D eigenvalue weighted by atomic mass is 10.4. The van der Waals surface area contributed by atoms with Gasteiger partial charge in [0, 0.05) is 36.4 Å². The molecule has 2 aromatic heterocycles. The molecule has 0 saturated carbocycles. The molecule has 86 valence electrons. The molecule has 0 saturated heterocycles. The average Bonchev–Trinajstić information content (AvgIpc) is 2.61. The summed E-state index contributed by atoms with van der Waals surface area (Å²) in [6.45, 7) is 0.629. The number of hydrogen-bond donors (Lipinski definition) is 1. The Balaban J connectivity index is 2.20. The van der Waals surface area contributed by atoms with Gasteiger partial charge < -0.3 is 5.32 Å². The van der Waals surface area contributed by atoms with Gasteiger partial charge in [-0.3, -0.25) is 8.89 Å². The van der Waals surface area contributed by atoms with Crippen molar-refractivity contribution in [3.8, 4) is 0 Å². The minimum absolute atomic E-state index is 0.603. The fourth-order valence-corrected chi connectivity index (χ4v) is 1.81. The molecule has 1 unspecified atom stereocenters. The normalized spacial score (nSPS) is 12.9. The Morgan fingerprint density at radius 3 is 3.06 bits per heavy atom. The Labute approximate surface area is 95.5 Å². The van der Waals surface area contributed by atoms with Crippen LogP contribution in [0.25, 0.3) is 11.0 Å². The van der Waals surface area contributed by atoms with Crippen molar-refractivity contribution in [2.24, 2.45) is 7.05 Å². The largest absolute Gasteiger partial charge is 0.368 e. The molecule has 2 rings (SSSR count). The van der Waals surface area contributed by atoms with Crippen LogP contribution in [0.4, 0.5) is 5.82 Å². The monoisotopic (exact) mass is 239 g/mol. The molecule has 6 nitrogen and oxygen atoms in total. The van der Waals surface area contributed by atoms with Gasteiger partial charge in [-0.05, 0) is 0 Å². The van der Waals surface area contributed by atoms with Crippen molar-refractivity contribution in [1.82, 2.24) is 19.7 Å². The summed E-state index contributed by atoms with van der Waals surface area (Å²) in [5.41, 5.74) is 0.787. The minimum atomic E-state index is -0.794. The zero-order valence-electron chi connectivity index (χ0n) is 9.17. The van der Waals surface area contributed by atoms with Gasteiger partial charge in [0.25, 0.3) is 0 Å². The number of nitrogens with one attached hydrogen (secondary N) is 1. The maximum absolute atomic E-state index is 10.9. The van der Waals surface area contributed by atoms with Crippen molar-refractivity contribution in [3.05, 3.63) is 12.5 Å². The number of fused-ring (bicyclic) bond motifs is 1. The van der Waals surface area contributed by atoms with E-state index in [2.05, 4.69) is 20.4 Å². The summed E-state index contributed by atoms with van der Waals surface area (Å²) in [4.78, 5) is 8.28. The van der Waals surface area contributed by atoms with Crippen LogP contribution in [0.3, 0.4) is 0 Å². The van der Waals surface area contributed by atoms with Crippen molar-refractivity contribution in [3.63, 3.8) is 0 Å². The molecule has 0 bridgehead atoms. The van der Waals surface area contributed by atoms with Crippen molar-refractivity contribution in [2.75, 3.05) is 23.9 Å². The van der Waals surface area contributed by atoms with Crippen molar-refractivity contribution in [2.45, 2.75) is 0 Å². The first kappa shape index (κ1) is 11.0. The molecule has 1 N–H and O–H groups in total. The van der Waals surface area contributed by atoms with Gasteiger partial charge in [0.15, 0.2) is 5.65 Å². The second-order valence-corrected chi connectivity index (χ2v) is 4.99. The quantitative estimate of drug-likeness (QED) is 0.822. The van der Waals surface area contributed by atoms with Crippen LogP contribution in [0.1, 0.15) is 0 Å². The van der Waals surface area contributed by atoms with E-state index in [1.807, 2.05) is 7.05 Å². The fourth-order valence-electron chi connectivity index (χ4n) is 1.42. The van der Waals surface area contributed by atoms with Gasteiger partial charge >= 0.3 is 0 Å². The molecule has 0 radical (unpaired) electrons. The van der Waals surface area contributed by atoms with E-state index in [0.717, 1.165) is 16.9 Å². The molecular formula is C9H13N5OS. The minimum Gasteiger partial charge on any atom is -0.368 e. The van der Waals surface area contributed by atoms with E-state index in [0.29, 0.717) is 12.3 Å². The Morgan fingerprint density at radius 1 is 1.50 bits per heavy atom. The molecule has 16 heavy (non-hydrogen) atoms. The van der Waals surface area contributed by atoms with E-state index >= 15 is 0 Å². The van der Waals surface area contributed by atoms with Gasteiger partial charge in [0.1, 0.15) is 12.1 Å². The highest BCUT2D eigenvalue weighted by Crippen LogP contribution is 2.17. The lowest BCUT2D eigenvalue weighted by Crippen LogP contribution is -2.11. The summed E-state index contributed by atoms with van der Waals surface area (Å²) in [6.07, 6.45) is 4.90. The maximum Gasteiger partial charge on any atom is 0.163 e. The molecule has 0 aliphatic carbocycles. The number of rotatable bonds is 4. The van der Waals surface area contributed by atoms with E-state index < -0.39 is 10.8 Å². The zero-order valence-corrected chi connectivity index (χ0v) is 9.99. The Kier molecular flexibility index (Phi) is 3.14. The third-order valence-electron chi connectivity index (χ3n) is 2.21. The van der Waals surface area contributed by atoms with Gasteiger partial charge in [-0.25, -0.2) is 9.97 Å². The average molecular weight is 239 g/mol. The number of aryl methyl sites for hydroxylation is 1. The predicted molar refractivity (Wildman–Crippen MR) is 63.7 cm³/mol. The highest BCUT2D eigenvalue weighted by molar-refractivity contribution is 7.84. The van der Waals surface area contributed by atoms with Crippen molar-refractivity contribution in [1.29, 1.82) is 0 Å². The SMILES string of the molecule is Cn1ncc2c(NCCS(C)=O)ncnc21. The number of aromatic nitrogens is 4. The van der Waals surface area contributed by atoms with Crippen LogP contribution in [0.15, 0.2) is 12.5 Å². The molecule has 0 spiro atoms. The summed E-state index contributed by atoms with van der Waals surface area (Å²) in [5, 5.41) is 8.13. The summed E-state index contributed by atoms with van der Waals surface area (Å²) in [7, 11) is 1.04. The molecule has 0 aliphatic rings. The zero-order chi connectivity index (χ0) is 11.5. The molecule has 1 atom stereocenters. The first-order chi connectivity index (χ1) is 7.68. The third kappa shape index (κ3) is 2.19. The summed E-state index contributed by atoms with van der Waals surface area (Å²) < 4.78 is 12.6. The van der Waals surface area contributed by atoms with E-state index in [1.54, 1.807) is 17.1 Å². The van der Waals surface area contributed by atoms with Gasteiger partial charge in [-0.15, -0.1) is 0 Å². The highest BCUT2D eigenvalue weighted by atomic mass is 32.2. The van der Waals surface area contributed by atoms with E-state index in [1.165, 1.54) is 6.33 Å². The Hall–Kier alpha value is -1.50. The summed E-state index contributed by atoms with van der Waals surface area (Å²) in [5.74, 6) is 1.34. The van der Waals surface area contributed by atoms with Gasteiger partial charge in [0.2, 0.25) is 0 Å². The maximum atomic E-state index is 10.9. The predicted octanol–water partition coefficient (Wildman–Crippen LogP) is 0.154. The third-order valence-corrected chi connectivity index (χ3v) is 2.99. The molecular weight excluding hydrogens is 226 g/mol. The summed E-state index contributed by atoms with van der Waals surface area (Å²) >= 11 is 0. The molecule has 2 aromatic rings. The van der Waals surface area contributed by atoms with Crippen molar-refractivity contribution >= 4 is 27.7 Å². The van der Waals surface area contributed by atoms with Crippen molar-refractivity contribution < 1.29 is 4.21 Å². The van der Waals surface area contributed by atoms with Crippen LogP contribution in [0.5, 0.6) is 0 Å². The first-order valence-electron chi connectivity index (χ1n) is 4.85. The second-order valence-electron chi connectivity index (χ2n) is 3.43. The highest BCUT2D eigenvalue weighted by Gasteiger charge is 2.06. The van der Waals surface area contributed by atoms with Gasteiger partial charge in [0.05, 0.1) is 11.6 Å². The number of nitrogens with zero attached hydrogens (tertiary/aromatic N) is 4. The summed E-state index contributed by atoms with van der Waals surface area (Å²) in [6, 6.07) is 0. The fraction of sp³-hybridized carbons (Fsp3) is 0.444. The van der Waals surface area contributed by atoms with Crippen LogP contribution in [-0.2, 0) is 17.8 Å². The van der Waals surface area contributed by atoms with E-state index in [4.69, 9.17) is 0 Å². The lowest BCUT2D eigenvalue weighted by Gasteiger charge is -2.04. The van der Waals surface area contributed by atoms with Crippen LogP contribution >= 0.6 is 0 Å². The molecule has 0 fully saturated rings. The van der Waals surface area contributed by atoms with E-state index in [9.17, 15) is 4.21 Å². The first-order valence-corrected chi connectivity index (χ1v) is 6.58.